The maximum atomic E-state index is 12.3. The van der Waals surface area contributed by atoms with Gasteiger partial charge in [0.15, 0.2) is 0 Å². The lowest BCUT2D eigenvalue weighted by atomic mass is 9.90. The Labute approximate surface area is 129 Å². The molecule has 110 valence electrons. The summed E-state index contributed by atoms with van der Waals surface area (Å²) in [6.07, 6.45) is 4.66. The van der Waals surface area contributed by atoms with Crippen LogP contribution in [0.2, 0.25) is 0 Å². The molecule has 0 saturated carbocycles. The van der Waals surface area contributed by atoms with Crippen molar-refractivity contribution in [3.8, 4) is 0 Å². The summed E-state index contributed by atoms with van der Waals surface area (Å²) in [5.74, 6) is 0. The number of amides is 2. The van der Waals surface area contributed by atoms with Crippen molar-refractivity contribution in [1.29, 1.82) is 0 Å². The van der Waals surface area contributed by atoms with Gasteiger partial charge in [-0.2, -0.15) is 11.3 Å². The van der Waals surface area contributed by atoms with Crippen LogP contribution in [0.15, 0.2) is 35.0 Å². The minimum Gasteiger partial charge on any atom is -0.323 e. The number of nitrogens with one attached hydrogen (secondary N) is 1. The second-order valence-electron chi connectivity index (χ2n) is 5.57. The summed E-state index contributed by atoms with van der Waals surface area (Å²) in [4.78, 5) is 14.1. The van der Waals surface area contributed by atoms with E-state index >= 15 is 0 Å². The van der Waals surface area contributed by atoms with Crippen molar-refractivity contribution in [3.05, 3.63) is 51.7 Å². The molecule has 0 spiro atoms. The van der Waals surface area contributed by atoms with Gasteiger partial charge >= 0.3 is 6.03 Å². The normalized spacial score (nSPS) is 13.6. The molecule has 1 aliphatic rings. The van der Waals surface area contributed by atoms with E-state index in [1.807, 2.05) is 24.6 Å². The number of hydrogen-bond donors (Lipinski definition) is 1. The van der Waals surface area contributed by atoms with E-state index in [2.05, 4.69) is 22.8 Å². The fraction of sp³-hybridized carbons (Fsp3) is 0.353. The lowest BCUT2D eigenvalue weighted by Crippen LogP contribution is -2.31. The van der Waals surface area contributed by atoms with E-state index in [0.29, 0.717) is 6.54 Å². The molecule has 0 aliphatic heterocycles. The molecule has 4 heteroatoms. The summed E-state index contributed by atoms with van der Waals surface area (Å²) >= 11 is 1.66. The summed E-state index contributed by atoms with van der Waals surface area (Å²) in [7, 11) is 1.84. The highest BCUT2D eigenvalue weighted by Gasteiger charge is 2.16. The third-order valence-electron chi connectivity index (χ3n) is 3.98. The van der Waals surface area contributed by atoms with Crippen LogP contribution in [0.4, 0.5) is 10.5 Å². The number of aryl methyl sites for hydroxylation is 1. The van der Waals surface area contributed by atoms with Crippen LogP contribution in [0.1, 0.15) is 29.5 Å². The Morgan fingerprint density at radius 2 is 2.14 bits per heavy atom. The first-order valence-electron chi connectivity index (χ1n) is 7.38. The molecular formula is C17H20N2OS. The van der Waals surface area contributed by atoms with Gasteiger partial charge in [-0.05, 0) is 65.3 Å². The lowest BCUT2D eigenvalue weighted by molar-refractivity contribution is 0.220. The number of fused-ring (bicyclic) bond motifs is 1. The molecule has 1 aromatic heterocycles. The van der Waals surface area contributed by atoms with Crippen molar-refractivity contribution >= 4 is 23.1 Å². The molecule has 0 radical (unpaired) electrons. The van der Waals surface area contributed by atoms with Crippen molar-refractivity contribution in [2.75, 3.05) is 12.4 Å². The molecule has 1 heterocycles. The van der Waals surface area contributed by atoms with Crippen molar-refractivity contribution in [3.63, 3.8) is 0 Å². The molecule has 2 aromatic rings. The topological polar surface area (TPSA) is 32.3 Å². The molecule has 0 atom stereocenters. The zero-order valence-corrected chi connectivity index (χ0v) is 13.1. The molecule has 0 bridgehead atoms. The molecular weight excluding hydrogens is 280 g/mol. The summed E-state index contributed by atoms with van der Waals surface area (Å²) in [6, 6.07) is 8.25. The molecule has 0 fully saturated rings. The summed E-state index contributed by atoms with van der Waals surface area (Å²) in [5, 5.41) is 7.19. The fourth-order valence-electron chi connectivity index (χ4n) is 2.84. The van der Waals surface area contributed by atoms with Crippen LogP contribution in [0.25, 0.3) is 0 Å². The van der Waals surface area contributed by atoms with Crippen molar-refractivity contribution in [2.45, 2.75) is 32.2 Å². The average molecular weight is 300 g/mol. The quantitative estimate of drug-likeness (QED) is 0.901. The number of urea groups is 1. The van der Waals surface area contributed by atoms with Crippen LogP contribution in [0, 0.1) is 0 Å². The van der Waals surface area contributed by atoms with Gasteiger partial charge in [0.05, 0.1) is 0 Å². The van der Waals surface area contributed by atoms with Crippen molar-refractivity contribution in [2.24, 2.45) is 0 Å². The monoisotopic (exact) mass is 300 g/mol. The Hall–Kier alpha value is -1.81. The molecule has 21 heavy (non-hydrogen) atoms. The molecule has 3 rings (SSSR count). The smallest absolute Gasteiger partial charge is 0.321 e. The van der Waals surface area contributed by atoms with E-state index in [-0.39, 0.29) is 6.03 Å². The van der Waals surface area contributed by atoms with Crippen LogP contribution in [0.3, 0.4) is 0 Å². The molecule has 1 N–H and O–H groups in total. The van der Waals surface area contributed by atoms with E-state index in [9.17, 15) is 4.79 Å². The second kappa shape index (κ2) is 6.31. The maximum Gasteiger partial charge on any atom is 0.321 e. The predicted molar refractivity (Wildman–Crippen MR) is 87.9 cm³/mol. The number of carbonyl (C=O) groups excluding carboxylic acids is 1. The number of rotatable bonds is 3. The zero-order chi connectivity index (χ0) is 14.7. The zero-order valence-electron chi connectivity index (χ0n) is 12.3. The van der Waals surface area contributed by atoms with Gasteiger partial charge in [-0.15, -0.1) is 0 Å². The molecule has 0 unspecified atom stereocenters. The Morgan fingerprint density at radius 3 is 2.95 bits per heavy atom. The van der Waals surface area contributed by atoms with Gasteiger partial charge in [-0.3, -0.25) is 0 Å². The highest BCUT2D eigenvalue weighted by Crippen LogP contribution is 2.28. The van der Waals surface area contributed by atoms with E-state index in [4.69, 9.17) is 0 Å². The Balaban J connectivity index is 1.70. The van der Waals surface area contributed by atoms with Gasteiger partial charge in [0, 0.05) is 19.3 Å². The van der Waals surface area contributed by atoms with Crippen LogP contribution in [-0.2, 0) is 19.4 Å². The minimum absolute atomic E-state index is 0.0415. The van der Waals surface area contributed by atoms with Gasteiger partial charge in [0.1, 0.15) is 0 Å². The Morgan fingerprint density at radius 1 is 1.29 bits per heavy atom. The largest absolute Gasteiger partial charge is 0.323 e. The third-order valence-corrected chi connectivity index (χ3v) is 4.72. The number of carbonyl (C=O) groups is 1. The van der Waals surface area contributed by atoms with Crippen LogP contribution >= 0.6 is 11.3 Å². The van der Waals surface area contributed by atoms with Crippen LogP contribution in [-0.4, -0.2) is 18.0 Å². The molecule has 1 aromatic carbocycles. The summed E-state index contributed by atoms with van der Waals surface area (Å²) < 4.78 is 0. The lowest BCUT2D eigenvalue weighted by Gasteiger charge is -2.22. The number of hydrogen-bond acceptors (Lipinski definition) is 2. The van der Waals surface area contributed by atoms with E-state index in [1.54, 1.807) is 16.2 Å². The van der Waals surface area contributed by atoms with Gasteiger partial charge in [0.2, 0.25) is 0 Å². The average Bonchev–Trinajstić information content (AvgIpc) is 3.00. The number of benzene rings is 1. The highest BCUT2D eigenvalue weighted by atomic mass is 32.1. The SMILES string of the molecule is CN(Cc1ccsc1)C(=O)Nc1cccc2c1CCCC2. The predicted octanol–water partition coefficient (Wildman–Crippen LogP) is 4.29. The van der Waals surface area contributed by atoms with Gasteiger partial charge in [-0.25, -0.2) is 4.79 Å². The highest BCUT2D eigenvalue weighted by molar-refractivity contribution is 7.07. The molecule has 0 saturated heterocycles. The van der Waals surface area contributed by atoms with E-state index in [1.165, 1.54) is 29.5 Å². The van der Waals surface area contributed by atoms with Crippen LogP contribution in [0.5, 0.6) is 0 Å². The molecule has 3 nitrogen and oxygen atoms in total. The number of thiophene rings is 1. The Kier molecular flexibility index (Phi) is 4.25. The van der Waals surface area contributed by atoms with Gasteiger partial charge < -0.3 is 10.2 Å². The van der Waals surface area contributed by atoms with Crippen LogP contribution < -0.4 is 5.32 Å². The van der Waals surface area contributed by atoms with Crippen molar-refractivity contribution in [1.82, 2.24) is 4.90 Å². The number of nitrogens with zero attached hydrogens (tertiary/aromatic N) is 1. The summed E-state index contributed by atoms with van der Waals surface area (Å²) in [5.41, 5.74) is 4.86. The van der Waals surface area contributed by atoms with E-state index in [0.717, 1.165) is 18.5 Å². The maximum absolute atomic E-state index is 12.3. The summed E-state index contributed by atoms with van der Waals surface area (Å²) in [6.45, 7) is 0.643. The molecule has 2 amide bonds. The third kappa shape index (κ3) is 3.27. The van der Waals surface area contributed by atoms with Gasteiger partial charge in [-0.1, -0.05) is 12.1 Å². The first-order chi connectivity index (χ1) is 10.2. The minimum atomic E-state index is -0.0415. The first-order valence-corrected chi connectivity index (χ1v) is 8.32. The Bertz CT molecular complexity index is 622. The second-order valence-corrected chi connectivity index (χ2v) is 6.35. The first kappa shape index (κ1) is 14.1. The molecule has 1 aliphatic carbocycles. The standard InChI is InChI=1S/C17H20N2OS/c1-19(11-13-9-10-21-12-13)17(20)18-16-8-4-6-14-5-2-3-7-15(14)16/h4,6,8-10,12H,2-3,5,7,11H2,1H3,(H,18,20). The van der Waals surface area contributed by atoms with E-state index < -0.39 is 0 Å². The van der Waals surface area contributed by atoms with Gasteiger partial charge in [0.25, 0.3) is 0 Å². The fourth-order valence-corrected chi connectivity index (χ4v) is 3.50. The number of anilines is 1. The van der Waals surface area contributed by atoms with Crippen molar-refractivity contribution < 1.29 is 4.79 Å².